The fourth-order valence-corrected chi connectivity index (χ4v) is 4.77. The van der Waals surface area contributed by atoms with E-state index < -0.39 is 8.07 Å². The second-order valence-corrected chi connectivity index (χ2v) is 13.5. The Bertz CT molecular complexity index is 1010. The Balaban J connectivity index is 2.24. The molecule has 0 fully saturated rings. The number of allylic oxidation sites excluding steroid dienone is 1. The van der Waals surface area contributed by atoms with Gasteiger partial charge >= 0.3 is 0 Å². The van der Waals surface area contributed by atoms with Crippen molar-refractivity contribution < 1.29 is 0 Å². The summed E-state index contributed by atoms with van der Waals surface area (Å²) in [7, 11) is -1.69. The monoisotopic (exact) mass is 387 g/mol. The van der Waals surface area contributed by atoms with Gasteiger partial charge in [0.25, 0.3) is 0 Å². The highest BCUT2D eigenvalue weighted by molar-refractivity contribution is 6.93. The summed E-state index contributed by atoms with van der Waals surface area (Å²) in [4.78, 5) is 0. The molecule has 2 aromatic carbocycles. The van der Waals surface area contributed by atoms with Crippen molar-refractivity contribution in [3.8, 4) is 11.3 Å². The maximum Gasteiger partial charge on any atom is 0.120 e. The molecule has 1 heterocycles. The second kappa shape index (κ2) is 8.13. The summed E-state index contributed by atoms with van der Waals surface area (Å²) in [6.45, 7) is 14.1. The third kappa shape index (κ3) is 4.59. The van der Waals surface area contributed by atoms with Crippen LogP contribution >= 0.6 is 0 Å². The molecule has 28 heavy (non-hydrogen) atoms. The molecule has 3 nitrogen and oxygen atoms in total. The van der Waals surface area contributed by atoms with Crippen LogP contribution in [0, 0.1) is 6.92 Å². The van der Waals surface area contributed by atoms with Crippen LogP contribution in [-0.4, -0.2) is 23.1 Å². The lowest BCUT2D eigenvalue weighted by molar-refractivity contribution is 0.644. The zero-order valence-electron chi connectivity index (χ0n) is 17.7. The number of benzene rings is 2. The minimum absolute atomic E-state index is 0.702. The highest BCUT2D eigenvalue weighted by atomic mass is 28.3. The van der Waals surface area contributed by atoms with E-state index in [4.69, 9.17) is 0 Å². The molecule has 0 spiro atoms. The van der Waals surface area contributed by atoms with Crippen molar-refractivity contribution in [1.82, 2.24) is 15.0 Å². The van der Waals surface area contributed by atoms with Crippen molar-refractivity contribution in [2.45, 2.75) is 47.0 Å². The van der Waals surface area contributed by atoms with Crippen molar-refractivity contribution in [3.05, 3.63) is 82.7 Å². The van der Waals surface area contributed by atoms with Crippen molar-refractivity contribution in [3.63, 3.8) is 0 Å². The highest BCUT2D eigenvalue weighted by Crippen LogP contribution is 2.33. The molecule has 144 valence electrons. The first-order chi connectivity index (χ1) is 13.3. The van der Waals surface area contributed by atoms with Gasteiger partial charge in [0.2, 0.25) is 0 Å². The number of aryl methyl sites for hydroxylation is 1. The summed E-state index contributed by atoms with van der Waals surface area (Å²) in [5, 5.41) is 10.5. The maximum absolute atomic E-state index is 4.62. The van der Waals surface area contributed by atoms with Crippen molar-refractivity contribution >= 4 is 13.3 Å². The predicted octanol–water partition coefficient (Wildman–Crippen LogP) is 6.13. The zero-order valence-corrected chi connectivity index (χ0v) is 18.7. The summed E-state index contributed by atoms with van der Waals surface area (Å²) < 4.78 is 2.05. The third-order valence-corrected chi connectivity index (χ3v) is 6.46. The largest absolute Gasteiger partial charge is 0.240 e. The minimum atomic E-state index is -1.69. The Morgan fingerprint density at radius 2 is 1.61 bits per heavy atom. The molecular weight excluding hydrogens is 358 g/mol. The molecule has 0 saturated carbocycles. The summed E-state index contributed by atoms with van der Waals surface area (Å²) in [6.07, 6.45) is 0. The van der Waals surface area contributed by atoms with Crippen molar-refractivity contribution in [2.75, 3.05) is 0 Å². The molecule has 0 aliphatic carbocycles. The van der Waals surface area contributed by atoms with Crippen molar-refractivity contribution in [2.24, 2.45) is 0 Å². The summed E-state index contributed by atoms with van der Waals surface area (Å²) >= 11 is 0. The minimum Gasteiger partial charge on any atom is -0.240 e. The molecule has 0 aliphatic rings. The molecule has 0 atom stereocenters. The molecule has 0 bridgehead atoms. The van der Waals surface area contributed by atoms with Gasteiger partial charge in [0.15, 0.2) is 0 Å². The first kappa shape index (κ1) is 20.1. The molecule has 1 aromatic heterocycles. The van der Waals surface area contributed by atoms with E-state index in [2.05, 4.69) is 105 Å². The van der Waals surface area contributed by atoms with Crippen LogP contribution in [0.25, 0.3) is 16.5 Å². The number of nitrogens with zero attached hydrogens (tertiary/aromatic N) is 3. The zero-order chi connectivity index (χ0) is 20.3. The van der Waals surface area contributed by atoms with Gasteiger partial charge in [-0.3, -0.25) is 0 Å². The van der Waals surface area contributed by atoms with Crippen LogP contribution in [0.4, 0.5) is 0 Å². The highest BCUT2D eigenvalue weighted by Gasteiger charge is 2.28. The van der Waals surface area contributed by atoms with Gasteiger partial charge < -0.3 is 0 Å². The summed E-state index contributed by atoms with van der Waals surface area (Å²) in [6, 6.07) is 19.0. The van der Waals surface area contributed by atoms with E-state index in [0.29, 0.717) is 6.54 Å². The van der Waals surface area contributed by atoms with E-state index in [1.165, 1.54) is 21.9 Å². The van der Waals surface area contributed by atoms with Crippen LogP contribution in [0.3, 0.4) is 0 Å². The van der Waals surface area contributed by atoms with Crippen LogP contribution < -0.4 is 0 Å². The van der Waals surface area contributed by atoms with Crippen molar-refractivity contribution in [1.29, 1.82) is 0 Å². The predicted molar refractivity (Wildman–Crippen MR) is 121 cm³/mol. The Kier molecular flexibility index (Phi) is 5.83. The average Bonchev–Trinajstić information content (AvgIpc) is 3.03. The SMILES string of the molecule is CC(C)=C=C(c1c(-c2ccc(C)cc2)nnn1Cc1ccccc1)[Si](C)(C)C. The lowest BCUT2D eigenvalue weighted by Crippen LogP contribution is -2.25. The van der Waals surface area contributed by atoms with E-state index in [0.717, 1.165) is 17.0 Å². The molecule has 0 amide bonds. The fraction of sp³-hybridized carbons (Fsp3) is 0.292. The lowest BCUT2D eigenvalue weighted by atomic mass is 10.1. The molecule has 0 aliphatic heterocycles. The Morgan fingerprint density at radius 3 is 2.18 bits per heavy atom. The van der Waals surface area contributed by atoms with Gasteiger partial charge in [-0.1, -0.05) is 85.0 Å². The lowest BCUT2D eigenvalue weighted by Gasteiger charge is -2.21. The summed E-state index contributed by atoms with van der Waals surface area (Å²) in [5.74, 6) is 0. The van der Waals surface area contributed by atoms with E-state index in [9.17, 15) is 0 Å². The molecule has 3 rings (SSSR count). The van der Waals surface area contributed by atoms with Gasteiger partial charge in [-0.05, 0) is 31.9 Å². The quantitative estimate of drug-likeness (QED) is 0.389. The molecule has 4 heteroatoms. The molecule has 0 radical (unpaired) electrons. The van der Waals surface area contributed by atoms with Gasteiger partial charge in [-0.2, -0.15) is 0 Å². The third-order valence-electron chi connectivity index (χ3n) is 4.60. The van der Waals surface area contributed by atoms with Gasteiger partial charge in [0.05, 0.1) is 20.3 Å². The van der Waals surface area contributed by atoms with E-state index >= 15 is 0 Å². The molecule has 0 N–H and O–H groups in total. The normalized spacial score (nSPS) is 11.2. The smallest absolute Gasteiger partial charge is 0.120 e. The van der Waals surface area contributed by atoms with Gasteiger partial charge in [-0.15, -0.1) is 10.8 Å². The first-order valence-corrected chi connectivity index (χ1v) is 13.2. The standard InChI is InChI=1S/C24H29N3Si/c1-18(2)16-22(28(4,5)6)24-23(21-14-12-19(3)13-15-21)25-26-27(24)17-20-10-8-7-9-11-20/h7-15H,17H2,1-6H3. The van der Waals surface area contributed by atoms with E-state index in [1.54, 1.807) is 0 Å². The molecule has 0 saturated heterocycles. The van der Waals surface area contributed by atoms with E-state index in [-0.39, 0.29) is 0 Å². The molecule has 3 aromatic rings. The Morgan fingerprint density at radius 1 is 0.964 bits per heavy atom. The average molecular weight is 388 g/mol. The summed E-state index contributed by atoms with van der Waals surface area (Å²) in [5.41, 5.74) is 10.5. The maximum atomic E-state index is 4.62. The number of rotatable bonds is 5. The van der Waals surface area contributed by atoms with Crippen LogP contribution in [0.1, 0.15) is 30.7 Å². The van der Waals surface area contributed by atoms with Gasteiger partial charge in [0, 0.05) is 10.8 Å². The number of aromatic nitrogens is 3. The Hall–Kier alpha value is -2.68. The van der Waals surface area contributed by atoms with Crippen LogP contribution in [0.2, 0.25) is 19.6 Å². The topological polar surface area (TPSA) is 30.7 Å². The van der Waals surface area contributed by atoms with Crippen LogP contribution in [-0.2, 0) is 6.54 Å². The first-order valence-electron chi connectivity index (χ1n) is 9.75. The van der Waals surface area contributed by atoms with Crippen LogP contribution in [0.15, 0.2) is 65.9 Å². The van der Waals surface area contributed by atoms with Crippen LogP contribution in [0.5, 0.6) is 0 Å². The number of hydrogen-bond donors (Lipinski definition) is 0. The second-order valence-electron chi connectivity index (χ2n) is 8.55. The fourth-order valence-electron chi connectivity index (χ4n) is 3.19. The Labute approximate surface area is 169 Å². The van der Waals surface area contributed by atoms with Gasteiger partial charge in [0.1, 0.15) is 5.69 Å². The number of hydrogen-bond acceptors (Lipinski definition) is 2. The van der Waals surface area contributed by atoms with Gasteiger partial charge in [-0.25, -0.2) is 4.68 Å². The molecular formula is C24H29N3Si. The molecule has 0 unspecified atom stereocenters. The van der Waals surface area contributed by atoms with E-state index in [1.807, 2.05) is 10.7 Å².